The number of hydrogen-bond donors (Lipinski definition) is 1. The normalized spacial score (nSPS) is 11.2. The molecule has 3 nitrogen and oxygen atoms in total. The Morgan fingerprint density at radius 3 is 2.73 bits per heavy atom. The van der Waals surface area contributed by atoms with Gasteiger partial charge < -0.3 is 5.32 Å². The number of aromatic nitrogens is 1. The molecule has 1 amide bonds. The van der Waals surface area contributed by atoms with E-state index in [0.29, 0.717) is 5.82 Å². The van der Waals surface area contributed by atoms with Gasteiger partial charge in [0, 0.05) is 11.6 Å². The van der Waals surface area contributed by atoms with Gasteiger partial charge in [-0.05, 0) is 31.0 Å². The highest BCUT2D eigenvalue weighted by molar-refractivity contribution is 5.93. The maximum Gasteiger partial charge on any atom is 0.231 e. The predicted octanol–water partition coefficient (Wildman–Crippen LogP) is 2.76. The zero-order valence-electron chi connectivity index (χ0n) is 9.79. The van der Waals surface area contributed by atoms with E-state index in [1.807, 2.05) is 39.8 Å². The summed E-state index contributed by atoms with van der Waals surface area (Å²) >= 11 is 0. The summed E-state index contributed by atoms with van der Waals surface area (Å²) in [6, 6.07) is 3.77. The molecule has 0 radical (unpaired) electrons. The molecule has 1 heterocycles. The number of carbonyl (C=O) groups excluding carboxylic acids is 1. The summed E-state index contributed by atoms with van der Waals surface area (Å²) in [6.07, 6.45) is 2.51. The molecule has 1 aromatic heterocycles. The van der Waals surface area contributed by atoms with E-state index in [2.05, 4.69) is 10.3 Å². The van der Waals surface area contributed by atoms with E-state index < -0.39 is 0 Å². The van der Waals surface area contributed by atoms with Crippen LogP contribution in [0.15, 0.2) is 18.3 Å². The summed E-state index contributed by atoms with van der Waals surface area (Å²) in [5, 5.41) is 2.82. The number of amides is 1. The van der Waals surface area contributed by atoms with Gasteiger partial charge in [0.1, 0.15) is 5.82 Å². The Morgan fingerprint density at radius 2 is 2.20 bits per heavy atom. The van der Waals surface area contributed by atoms with Crippen molar-refractivity contribution < 1.29 is 4.79 Å². The first-order chi connectivity index (χ1) is 6.95. The summed E-state index contributed by atoms with van der Waals surface area (Å²) in [5.41, 5.74) is 0.750. The van der Waals surface area contributed by atoms with Crippen molar-refractivity contribution in [2.75, 3.05) is 5.32 Å². The summed E-state index contributed by atoms with van der Waals surface area (Å²) in [7, 11) is 0. The van der Waals surface area contributed by atoms with Gasteiger partial charge in [0.05, 0.1) is 0 Å². The lowest BCUT2D eigenvalue weighted by Gasteiger charge is -2.21. The number of pyridine rings is 1. The summed E-state index contributed by atoms with van der Waals surface area (Å²) < 4.78 is 0. The first kappa shape index (κ1) is 11.7. The highest BCUT2D eigenvalue weighted by atomic mass is 16.2. The van der Waals surface area contributed by atoms with Crippen LogP contribution in [0, 0.1) is 12.3 Å². The second kappa shape index (κ2) is 4.43. The number of carbonyl (C=O) groups is 1. The lowest BCUT2D eigenvalue weighted by atomic mass is 9.89. The lowest BCUT2D eigenvalue weighted by molar-refractivity contribution is -0.124. The van der Waals surface area contributed by atoms with Gasteiger partial charge in [-0.15, -0.1) is 0 Å². The van der Waals surface area contributed by atoms with Crippen LogP contribution in [-0.2, 0) is 4.79 Å². The highest BCUT2D eigenvalue weighted by Gasteiger charge is 2.25. The van der Waals surface area contributed by atoms with Crippen LogP contribution in [0.2, 0.25) is 0 Å². The molecule has 0 bridgehead atoms. The van der Waals surface area contributed by atoms with Gasteiger partial charge in [0.2, 0.25) is 5.91 Å². The molecule has 1 aromatic rings. The van der Waals surface area contributed by atoms with E-state index >= 15 is 0 Å². The maximum absolute atomic E-state index is 11.8. The van der Waals surface area contributed by atoms with Crippen molar-refractivity contribution in [1.29, 1.82) is 0 Å². The molecular weight excluding hydrogens is 188 g/mol. The van der Waals surface area contributed by atoms with Crippen LogP contribution in [0.4, 0.5) is 5.82 Å². The molecule has 3 heteroatoms. The Balaban J connectivity index is 2.75. The van der Waals surface area contributed by atoms with Gasteiger partial charge in [-0.3, -0.25) is 4.79 Å². The smallest absolute Gasteiger partial charge is 0.231 e. The van der Waals surface area contributed by atoms with E-state index in [1.54, 1.807) is 6.20 Å². The lowest BCUT2D eigenvalue weighted by Crippen LogP contribution is -2.30. The number of hydrogen-bond acceptors (Lipinski definition) is 2. The fourth-order valence-electron chi connectivity index (χ4n) is 1.05. The molecule has 0 spiro atoms. The minimum absolute atomic E-state index is 0.0168. The Bertz CT molecular complexity index is 358. The third kappa shape index (κ3) is 3.05. The quantitative estimate of drug-likeness (QED) is 0.826. The molecule has 1 rings (SSSR count). The van der Waals surface area contributed by atoms with Gasteiger partial charge in [0.15, 0.2) is 0 Å². The fourth-order valence-corrected chi connectivity index (χ4v) is 1.05. The van der Waals surface area contributed by atoms with Crippen LogP contribution < -0.4 is 5.32 Å². The summed E-state index contributed by atoms with van der Waals surface area (Å²) in [4.78, 5) is 15.9. The average molecular weight is 206 g/mol. The molecule has 15 heavy (non-hydrogen) atoms. The number of nitrogens with zero attached hydrogens (tertiary/aromatic N) is 1. The zero-order valence-corrected chi connectivity index (χ0v) is 9.79. The second-order valence-electron chi connectivity index (χ2n) is 4.41. The van der Waals surface area contributed by atoms with Crippen LogP contribution >= 0.6 is 0 Å². The minimum atomic E-state index is -0.342. The first-order valence-electron chi connectivity index (χ1n) is 5.20. The molecule has 0 aliphatic heterocycles. The van der Waals surface area contributed by atoms with Crippen LogP contribution in [0.25, 0.3) is 0 Å². The van der Waals surface area contributed by atoms with E-state index in [-0.39, 0.29) is 11.3 Å². The predicted molar refractivity (Wildman–Crippen MR) is 61.7 cm³/mol. The number of rotatable bonds is 3. The van der Waals surface area contributed by atoms with Crippen LogP contribution in [-0.4, -0.2) is 10.9 Å². The third-order valence-electron chi connectivity index (χ3n) is 2.66. The van der Waals surface area contributed by atoms with Gasteiger partial charge in [-0.1, -0.05) is 20.8 Å². The molecule has 0 aliphatic rings. The number of aryl methyl sites for hydroxylation is 1. The van der Waals surface area contributed by atoms with Crippen LogP contribution in [0.3, 0.4) is 0 Å². The van der Waals surface area contributed by atoms with E-state index in [4.69, 9.17) is 0 Å². The molecular formula is C12H18N2O. The third-order valence-corrected chi connectivity index (χ3v) is 2.66. The number of anilines is 1. The Hall–Kier alpha value is -1.38. The topological polar surface area (TPSA) is 42.0 Å². The van der Waals surface area contributed by atoms with Crippen LogP contribution in [0.1, 0.15) is 32.8 Å². The van der Waals surface area contributed by atoms with Crippen molar-refractivity contribution in [1.82, 2.24) is 4.98 Å². The second-order valence-corrected chi connectivity index (χ2v) is 4.41. The Labute approximate surface area is 90.9 Å². The van der Waals surface area contributed by atoms with Crippen molar-refractivity contribution >= 4 is 11.7 Å². The largest absolute Gasteiger partial charge is 0.310 e. The fraction of sp³-hybridized carbons (Fsp3) is 0.500. The van der Waals surface area contributed by atoms with Crippen molar-refractivity contribution in [3.63, 3.8) is 0 Å². The molecule has 0 saturated heterocycles. The average Bonchev–Trinajstić information content (AvgIpc) is 2.17. The van der Waals surface area contributed by atoms with Gasteiger partial charge in [0.25, 0.3) is 0 Å². The van der Waals surface area contributed by atoms with Crippen molar-refractivity contribution in [3.05, 3.63) is 23.9 Å². The monoisotopic (exact) mass is 206 g/mol. The highest BCUT2D eigenvalue weighted by Crippen LogP contribution is 2.21. The van der Waals surface area contributed by atoms with E-state index in [9.17, 15) is 4.79 Å². The van der Waals surface area contributed by atoms with E-state index in [0.717, 1.165) is 12.0 Å². The molecule has 1 N–H and O–H groups in total. The van der Waals surface area contributed by atoms with E-state index in [1.165, 1.54) is 0 Å². The molecule has 0 unspecified atom stereocenters. The maximum atomic E-state index is 11.8. The summed E-state index contributed by atoms with van der Waals surface area (Å²) in [6.45, 7) is 7.84. The Kier molecular flexibility index (Phi) is 3.45. The molecule has 0 fully saturated rings. The van der Waals surface area contributed by atoms with Gasteiger partial charge >= 0.3 is 0 Å². The molecule has 0 aliphatic carbocycles. The Morgan fingerprint density at radius 1 is 1.53 bits per heavy atom. The minimum Gasteiger partial charge on any atom is -0.310 e. The molecule has 82 valence electrons. The molecule has 0 atom stereocenters. The van der Waals surface area contributed by atoms with Gasteiger partial charge in [-0.25, -0.2) is 4.98 Å². The van der Waals surface area contributed by atoms with Gasteiger partial charge in [-0.2, -0.15) is 0 Å². The van der Waals surface area contributed by atoms with Crippen LogP contribution in [0.5, 0.6) is 0 Å². The molecule has 0 saturated carbocycles. The SMILES string of the molecule is CCC(C)(C)C(=O)Nc1cc(C)ccn1. The number of nitrogens with one attached hydrogen (secondary N) is 1. The van der Waals surface area contributed by atoms with Crippen molar-refractivity contribution in [3.8, 4) is 0 Å². The molecule has 0 aromatic carbocycles. The zero-order chi connectivity index (χ0) is 11.5. The van der Waals surface area contributed by atoms with Crippen molar-refractivity contribution in [2.24, 2.45) is 5.41 Å². The summed E-state index contributed by atoms with van der Waals surface area (Å²) in [5.74, 6) is 0.643. The standard InChI is InChI=1S/C12H18N2O/c1-5-12(3,4)11(15)14-10-8-9(2)6-7-13-10/h6-8H,5H2,1-4H3,(H,13,14,15). The first-order valence-corrected chi connectivity index (χ1v) is 5.20. The van der Waals surface area contributed by atoms with Crippen molar-refractivity contribution in [2.45, 2.75) is 34.1 Å².